The summed E-state index contributed by atoms with van der Waals surface area (Å²) >= 11 is 0. The molecule has 1 fully saturated rings. The highest BCUT2D eigenvalue weighted by molar-refractivity contribution is 7.88. The molecule has 0 radical (unpaired) electrons. The van der Waals surface area contributed by atoms with Crippen LogP contribution in [0.3, 0.4) is 0 Å². The van der Waals surface area contributed by atoms with Crippen molar-refractivity contribution in [1.29, 1.82) is 0 Å². The lowest BCUT2D eigenvalue weighted by molar-refractivity contribution is -0.0933. The molecule has 0 spiro atoms. The Morgan fingerprint density at radius 3 is 2.58 bits per heavy atom. The van der Waals surface area contributed by atoms with Gasteiger partial charge in [0.15, 0.2) is 0 Å². The van der Waals surface area contributed by atoms with E-state index < -0.39 is 15.6 Å². The third kappa shape index (κ3) is 2.91. The van der Waals surface area contributed by atoms with Crippen LogP contribution in [0, 0.1) is 5.92 Å². The van der Waals surface area contributed by atoms with Crippen molar-refractivity contribution in [2.45, 2.75) is 25.2 Å². The fraction of sp³-hybridized carbons (Fsp3) is 0.538. The van der Waals surface area contributed by atoms with E-state index in [1.165, 1.54) is 4.31 Å². The van der Waals surface area contributed by atoms with Gasteiger partial charge in [0.2, 0.25) is 10.0 Å². The molecule has 6 heteroatoms. The lowest BCUT2D eigenvalue weighted by Gasteiger charge is -2.47. The van der Waals surface area contributed by atoms with Gasteiger partial charge in [-0.1, -0.05) is 26.0 Å². The van der Waals surface area contributed by atoms with E-state index in [-0.39, 0.29) is 24.8 Å². The van der Waals surface area contributed by atoms with Crippen LogP contribution < -0.4 is 5.73 Å². The maximum absolute atomic E-state index is 12.2. The van der Waals surface area contributed by atoms with Crippen LogP contribution in [0.4, 0.5) is 5.69 Å². The molecule has 1 aliphatic rings. The average molecular weight is 284 g/mol. The predicted octanol–water partition coefficient (Wildman–Crippen LogP) is 0.801. The molecule has 0 aliphatic carbocycles. The molecule has 0 bridgehead atoms. The summed E-state index contributed by atoms with van der Waals surface area (Å²) < 4.78 is 25.7. The summed E-state index contributed by atoms with van der Waals surface area (Å²) in [5.74, 6) is -0.0296. The number of nitrogen functional groups attached to an aromatic ring is 1. The monoisotopic (exact) mass is 284 g/mol. The molecular weight excluding hydrogens is 264 g/mol. The molecule has 5 nitrogen and oxygen atoms in total. The molecule has 0 amide bonds. The molecule has 0 saturated carbocycles. The van der Waals surface area contributed by atoms with E-state index in [1.54, 1.807) is 24.3 Å². The van der Waals surface area contributed by atoms with Crippen LogP contribution in [-0.4, -0.2) is 36.5 Å². The zero-order valence-corrected chi connectivity index (χ0v) is 12.0. The molecule has 19 heavy (non-hydrogen) atoms. The number of nitrogens with zero attached hydrogens (tertiary/aromatic N) is 1. The van der Waals surface area contributed by atoms with Gasteiger partial charge in [0.1, 0.15) is 0 Å². The molecule has 3 N–H and O–H groups in total. The summed E-state index contributed by atoms with van der Waals surface area (Å²) in [6, 6.07) is 6.85. The summed E-state index contributed by atoms with van der Waals surface area (Å²) in [6.45, 7) is 4.13. The minimum atomic E-state index is -3.38. The van der Waals surface area contributed by atoms with Crippen LogP contribution in [0.1, 0.15) is 19.4 Å². The summed E-state index contributed by atoms with van der Waals surface area (Å²) in [5.41, 5.74) is 5.97. The van der Waals surface area contributed by atoms with Crippen molar-refractivity contribution in [1.82, 2.24) is 4.31 Å². The quantitative estimate of drug-likeness (QED) is 0.801. The van der Waals surface area contributed by atoms with Gasteiger partial charge in [-0.15, -0.1) is 0 Å². The Labute approximate surface area is 114 Å². The number of sulfonamides is 1. The van der Waals surface area contributed by atoms with Gasteiger partial charge in [-0.05, 0) is 23.6 Å². The van der Waals surface area contributed by atoms with E-state index in [4.69, 9.17) is 5.73 Å². The summed E-state index contributed by atoms with van der Waals surface area (Å²) in [7, 11) is -3.38. The zero-order chi connectivity index (χ0) is 14.3. The van der Waals surface area contributed by atoms with Gasteiger partial charge in [0.05, 0.1) is 11.4 Å². The standard InChI is InChI=1S/C13H20N2O3S/c1-10(2)13(16)8-15(9-13)19(17,18)7-11-4-3-5-12(14)6-11/h3-6,10,16H,7-9,14H2,1-2H3. The fourth-order valence-corrected chi connectivity index (χ4v) is 3.73. The number of rotatable bonds is 4. The zero-order valence-electron chi connectivity index (χ0n) is 11.2. The number of β-amino-alcohol motifs (C(OH)–C–C–N with tert-alkyl or cyclic N) is 1. The van der Waals surface area contributed by atoms with Crippen molar-refractivity contribution in [2.75, 3.05) is 18.8 Å². The lowest BCUT2D eigenvalue weighted by atomic mass is 9.85. The van der Waals surface area contributed by atoms with Crippen LogP contribution in [-0.2, 0) is 15.8 Å². The Bertz CT molecular complexity index is 563. The van der Waals surface area contributed by atoms with Crippen molar-refractivity contribution in [3.05, 3.63) is 29.8 Å². The van der Waals surface area contributed by atoms with E-state index in [9.17, 15) is 13.5 Å². The second-order valence-electron chi connectivity index (χ2n) is 5.53. The van der Waals surface area contributed by atoms with Crippen LogP contribution in [0.2, 0.25) is 0 Å². The van der Waals surface area contributed by atoms with Crippen molar-refractivity contribution < 1.29 is 13.5 Å². The number of nitrogens with two attached hydrogens (primary N) is 1. The first-order chi connectivity index (χ1) is 8.73. The molecule has 2 rings (SSSR count). The normalized spacial score (nSPS) is 19.4. The van der Waals surface area contributed by atoms with Gasteiger partial charge in [-0.25, -0.2) is 8.42 Å². The van der Waals surface area contributed by atoms with Gasteiger partial charge < -0.3 is 10.8 Å². The van der Waals surface area contributed by atoms with Crippen LogP contribution >= 0.6 is 0 Å². The Morgan fingerprint density at radius 1 is 1.42 bits per heavy atom. The highest BCUT2D eigenvalue weighted by Gasteiger charge is 2.48. The maximum Gasteiger partial charge on any atom is 0.218 e. The van der Waals surface area contributed by atoms with E-state index >= 15 is 0 Å². The second kappa shape index (κ2) is 4.77. The van der Waals surface area contributed by atoms with E-state index in [2.05, 4.69) is 0 Å². The number of anilines is 1. The largest absolute Gasteiger partial charge is 0.399 e. The summed E-state index contributed by atoms with van der Waals surface area (Å²) in [4.78, 5) is 0. The third-order valence-corrected chi connectivity index (χ3v) is 5.41. The van der Waals surface area contributed by atoms with E-state index in [1.807, 2.05) is 13.8 Å². The molecule has 1 heterocycles. The maximum atomic E-state index is 12.2. The third-order valence-electron chi connectivity index (χ3n) is 3.67. The van der Waals surface area contributed by atoms with Crippen LogP contribution in [0.25, 0.3) is 0 Å². The van der Waals surface area contributed by atoms with E-state index in [0.717, 1.165) is 0 Å². The average Bonchev–Trinajstić information content (AvgIpc) is 2.23. The van der Waals surface area contributed by atoms with Gasteiger partial charge in [0.25, 0.3) is 0 Å². The number of aliphatic hydroxyl groups is 1. The molecule has 106 valence electrons. The lowest BCUT2D eigenvalue weighted by Crippen LogP contribution is -2.65. The fourth-order valence-electron chi connectivity index (χ4n) is 2.11. The molecule has 0 unspecified atom stereocenters. The Kier molecular flexibility index (Phi) is 3.59. The van der Waals surface area contributed by atoms with Gasteiger partial charge in [0, 0.05) is 18.8 Å². The van der Waals surface area contributed by atoms with Crippen LogP contribution in [0.5, 0.6) is 0 Å². The molecule has 1 saturated heterocycles. The SMILES string of the molecule is CC(C)C1(O)CN(S(=O)(=O)Cc2cccc(N)c2)C1. The predicted molar refractivity (Wildman–Crippen MR) is 74.8 cm³/mol. The Hall–Kier alpha value is -1.11. The van der Waals surface area contributed by atoms with Crippen molar-refractivity contribution in [2.24, 2.45) is 5.92 Å². The molecule has 1 aromatic rings. The van der Waals surface area contributed by atoms with Gasteiger partial charge in [-0.3, -0.25) is 0 Å². The molecule has 0 aromatic heterocycles. The molecule has 0 atom stereocenters. The highest BCUT2D eigenvalue weighted by Crippen LogP contribution is 2.31. The van der Waals surface area contributed by atoms with Crippen LogP contribution in [0.15, 0.2) is 24.3 Å². The minimum absolute atomic E-state index is 0.0475. The number of hydrogen-bond donors (Lipinski definition) is 2. The molecule has 1 aliphatic heterocycles. The Balaban J connectivity index is 2.06. The highest BCUT2D eigenvalue weighted by atomic mass is 32.2. The first-order valence-electron chi connectivity index (χ1n) is 6.27. The number of hydrogen-bond acceptors (Lipinski definition) is 4. The molecular formula is C13H20N2O3S. The topological polar surface area (TPSA) is 83.6 Å². The smallest absolute Gasteiger partial charge is 0.218 e. The van der Waals surface area contributed by atoms with Gasteiger partial charge in [-0.2, -0.15) is 4.31 Å². The van der Waals surface area contributed by atoms with Crippen molar-refractivity contribution in [3.8, 4) is 0 Å². The Morgan fingerprint density at radius 2 is 2.05 bits per heavy atom. The number of benzene rings is 1. The van der Waals surface area contributed by atoms with E-state index in [0.29, 0.717) is 11.3 Å². The molecule has 1 aromatic carbocycles. The summed E-state index contributed by atoms with van der Waals surface area (Å²) in [5, 5.41) is 10.1. The van der Waals surface area contributed by atoms with Crippen molar-refractivity contribution in [3.63, 3.8) is 0 Å². The second-order valence-corrected chi connectivity index (χ2v) is 7.50. The summed E-state index contributed by atoms with van der Waals surface area (Å²) in [6.07, 6.45) is 0. The van der Waals surface area contributed by atoms with Gasteiger partial charge >= 0.3 is 0 Å². The minimum Gasteiger partial charge on any atom is -0.399 e. The first-order valence-corrected chi connectivity index (χ1v) is 7.88. The first kappa shape index (κ1) is 14.3. The van der Waals surface area contributed by atoms with Crippen molar-refractivity contribution >= 4 is 15.7 Å².